The highest BCUT2D eigenvalue weighted by atomic mass is 35.5. The van der Waals surface area contributed by atoms with Gasteiger partial charge in [-0.05, 0) is 17.7 Å². The number of fused-ring (bicyclic) bond motifs is 1. The first kappa shape index (κ1) is 16.5. The fourth-order valence-corrected chi connectivity index (χ4v) is 2.51. The zero-order chi connectivity index (χ0) is 14.7. The first-order chi connectivity index (χ1) is 10.3. The second kappa shape index (κ2) is 7.40. The number of benzene rings is 1. The number of rotatable bonds is 4. The summed E-state index contributed by atoms with van der Waals surface area (Å²) in [7, 11) is 1.65. The van der Waals surface area contributed by atoms with Gasteiger partial charge in [-0.15, -0.1) is 12.4 Å². The topological polar surface area (TPSA) is 79.0 Å². The van der Waals surface area contributed by atoms with Crippen LogP contribution in [0.25, 0.3) is 0 Å². The highest BCUT2D eigenvalue weighted by molar-refractivity contribution is 6.04. The number of hydrogen-bond acceptors (Lipinski definition) is 4. The fraction of sp³-hybridized carbons (Fsp3) is 0.333. The van der Waals surface area contributed by atoms with Gasteiger partial charge in [-0.3, -0.25) is 9.89 Å². The van der Waals surface area contributed by atoms with Crippen molar-refractivity contribution in [3.8, 4) is 0 Å². The van der Waals surface area contributed by atoms with Gasteiger partial charge in [0.2, 0.25) is 0 Å². The molecule has 3 N–H and O–H groups in total. The van der Waals surface area contributed by atoms with E-state index in [1.165, 1.54) is 0 Å². The maximum Gasteiger partial charge on any atom is 0.276 e. The van der Waals surface area contributed by atoms with Gasteiger partial charge in [0, 0.05) is 43.6 Å². The molecule has 0 spiro atoms. The van der Waals surface area contributed by atoms with Gasteiger partial charge in [0.05, 0.1) is 6.61 Å². The fourth-order valence-electron chi connectivity index (χ4n) is 2.51. The number of nitrogens with zero attached hydrogens (tertiary/aromatic N) is 1. The summed E-state index contributed by atoms with van der Waals surface area (Å²) in [4.78, 5) is 12.4. The number of H-pyrrole nitrogens is 1. The van der Waals surface area contributed by atoms with Crippen LogP contribution in [0.3, 0.4) is 0 Å². The van der Waals surface area contributed by atoms with E-state index in [4.69, 9.17) is 4.74 Å². The van der Waals surface area contributed by atoms with Crippen molar-refractivity contribution in [3.05, 3.63) is 46.8 Å². The van der Waals surface area contributed by atoms with Crippen LogP contribution in [0, 0.1) is 0 Å². The zero-order valence-electron chi connectivity index (χ0n) is 12.3. The number of ether oxygens (including phenoxy) is 1. The molecule has 0 unspecified atom stereocenters. The number of methoxy groups -OCH3 is 1. The summed E-state index contributed by atoms with van der Waals surface area (Å²) in [5.74, 6) is -0.189. The summed E-state index contributed by atoms with van der Waals surface area (Å²) in [5, 5.41) is 13.2. The number of aromatic amines is 1. The molecule has 1 aromatic carbocycles. The minimum atomic E-state index is -0.189. The van der Waals surface area contributed by atoms with Crippen LogP contribution in [0.1, 0.15) is 27.3 Å². The van der Waals surface area contributed by atoms with E-state index in [1.54, 1.807) is 7.11 Å². The molecule has 7 heteroatoms. The van der Waals surface area contributed by atoms with E-state index in [0.717, 1.165) is 35.5 Å². The molecule has 0 fully saturated rings. The van der Waals surface area contributed by atoms with E-state index in [1.807, 2.05) is 24.3 Å². The highest BCUT2D eigenvalue weighted by Gasteiger charge is 2.21. The molecule has 1 aliphatic heterocycles. The van der Waals surface area contributed by atoms with Crippen LogP contribution in [0.4, 0.5) is 5.69 Å². The Hall–Kier alpha value is -1.89. The molecule has 1 amide bonds. The SMILES string of the molecule is COCc1cccc(NC(=O)c2n[nH]c3c2CNCC3)c1.Cl. The lowest BCUT2D eigenvalue weighted by Crippen LogP contribution is -2.25. The highest BCUT2D eigenvalue weighted by Crippen LogP contribution is 2.18. The van der Waals surface area contributed by atoms with Crippen molar-refractivity contribution < 1.29 is 9.53 Å². The smallest absolute Gasteiger partial charge is 0.276 e. The van der Waals surface area contributed by atoms with Crippen LogP contribution in [-0.2, 0) is 24.3 Å². The second-order valence-corrected chi connectivity index (χ2v) is 5.04. The zero-order valence-corrected chi connectivity index (χ0v) is 13.1. The number of nitrogens with one attached hydrogen (secondary N) is 3. The Balaban J connectivity index is 0.00000176. The standard InChI is InChI=1S/C15H18N4O2.ClH/c1-21-9-10-3-2-4-11(7-10)17-15(20)14-12-8-16-6-5-13(12)18-19-14;/h2-4,7,16H,5-6,8-9H2,1H3,(H,17,20)(H,18,19);1H. The summed E-state index contributed by atoms with van der Waals surface area (Å²) >= 11 is 0. The number of hydrogen-bond donors (Lipinski definition) is 3. The molecule has 118 valence electrons. The van der Waals surface area contributed by atoms with E-state index in [9.17, 15) is 4.79 Å². The number of amides is 1. The number of anilines is 1. The molecule has 22 heavy (non-hydrogen) atoms. The molecule has 0 aliphatic carbocycles. The van der Waals surface area contributed by atoms with Crippen LogP contribution in [0.15, 0.2) is 24.3 Å². The summed E-state index contributed by atoms with van der Waals surface area (Å²) in [5.41, 5.74) is 4.24. The van der Waals surface area contributed by atoms with E-state index < -0.39 is 0 Å². The van der Waals surface area contributed by atoms with Crippen LogP contribution < -0.4 is 10.6 Å². The third kappa shape index (κ3) is 3.47. The first-order valence-electron chi connectivity index (χ1n) is 6.94. The molecule has 0 saturated heterocycles. The normalized spacial score (nSPS) is 13.1. The maximum atomic E-state index is 12.4. The van der Waals surface area contributed by atoms with Crippen LogP contribution in [0.2, 0.25) is 0 Å². The van der Waals surface area contributed by atoms with Gasteiger partial charge in [0.15, 0.2) is 5.69 Å². The molecule has 0 radical (unpaired) electrons. The van der Waals surface area contributed by atoms with E-state index in [2.05, 4.69) is 20.8 Å². The number of aromatic nitrogens is 2. The Bertz CT molecular complexity index is 657. The van der Waals surface area contributed by atoms with Crippen molar-refractivity contribution in [3.63, 3.8) is 0 Å². The summed E-state index contributed by atoms with van der Waals surface area (Å²) in [6, 6.07) is 7.61. The van der Waals surface area contributed by atoms with E-state index in [0.29, 0.717) is 18.8 Å². The largest absolute Gasteiger partial charge is 0.380 e. The lowest BCUT2D eigenvalue weighted by molar-refractivity contribution is 0.102. The Morgan fingerprint density at radius 1 is 1.45 bits per heavy atom. The number of carbonyl (C=O) groups excluding carboxylic acids is 1. The minimum absolute atomic E-state index is 0. The van der Waals surface area contributed by atoms with Crippen molar-refractivity contribution in [1.29, 1.82) is 0 Å². The van der Waals surface area contributed by atoms with Crippen LogP contribution in [0.5, 0.6) is 0 Å². The lowest BCUT2D eigenvalue weighted by atomic mass is 10.1. The average Bonchev–Trinajstić information content (AvgIpc) is 2.92. The predicted molar refractivity (Wildman–Crippen MR) is 86.4 cm³/mol. The minimum Gasteiger partial charge on any atom is -0.380 e. The van der Waals surface area contributed by atoms with Gasteiger partial charge in [-0.2, -0.15) is 5.10 Å². The average molecular weight is 323 g/mol. The summed E-state index contributed by atoms with van der Waals surface area (Å²) in [6.45, 7) is 2.11. The number of carbonyl (C=O) groups is 1. The first-order valence-corrected chi connectivity index (χ1v) is 6.94. The van der Waals surface area contributed by atoms with Gasteiger partial charge in [-0.25, -0.2) is 0 Å². The van der Waals surface area contributed by atoms with Crippen LogP contribution in [-0.4, -0.2) is 29.8 Å². The van der Waals surface area contributed by atoms with Crippen molar-refractivity contribution in [2.45, 2.75) is 19.6 Å². The molecule has 0 atom stereocenters. The van der Waals surface area contributed by atoms with E-state index >= 15 is 0 Å². The van der Waals surface area contributed by atoms with Gasteiger partial charge in [0.1, 0.15) is 0 Å². The molecule has 2 heterocycles. The van der Waals surface area contributed by atoms with Crippen molar-refractivity contribution in [2.75, 3.05) is 19.0 Å². The molecule has 1 aromatic heterocycles. The molecule has 6 nitrogen and oxygen atoms in total. The van der Waals surface area contributed by atoms with Gasteiger partial charge in [-0.1, -0.05) is 12.1 Å². The molecule has 0 bridgehead atoms. The lowest BCUT2D eigenvalue weighted by Gasteiger charge is -2.13. The third-order valence-electron chi connectivity index (χ3n) is 3.52. The van der Waals surface area contributed by atoms with E-state index in [-0.39, 0.29) is 18.3 Å². The van der Waals surface area contributed by atoms with Gasteiger partial charge < -0.3 is 15.4 Å². The van der Waals surface area contributed by atoms with Crippen molar-refractivity contribution >= 4 is 24.0 Å². The molecular weight excluding hydrogens is 304 g/mol. The molecule has 3 rings (SSSR count). The van der Waals surface area contributed by atoms with Crippen molar-refractivity contribution in [2.24, 2.45) is 0 Å². The molecular formula is C15H19ClN4O2. The Kier molecular flexibility index (Phi) is 5.54. The summed E-state index contributed by atoms with van der Waals surface area (Å²) < 4.78 is 5.10. The molecule has 2 aromatic rings. The monoisotopic (exact) mass is 322 g/mol. The van der Waals surface area contributed by atoms with Gasteiger partial charge >= 0.3 is 0 Å². The van der Waals surface area contributed by atoms with Crippen LogP contribution >= 0.6 is 12.4 Å². The second-order valence-electron chi connectivity index (χ2n) is 5.04. The Labute approximate surface area is 135 Å². The predicted octanol–water partition coefficient (Wildman–Crippen LogP) is 1.88. The summed E-state index contributed by atoms with van der Waals surface area (Å²) in [6.07, 6.45) is 0.874. The quantitative estimate of drug-likeness (QED) is 0.803. The number of halogens is 1. The Morgan fingerprint density at radius 2 is 2.32 bits per heavy atom. The maximum absolute atomic E-state index is 12.4. The van der Waals surface area contributed by atoms with Gasteiger partial charge in [0.25, 0.3) is 5.91 Å². The molecule has 0 saturated carbocycles. The molecule has 1 aliphatic rings. The Morgan fingerprint density at radius 3 is 3.14 bits per heavy atom. The third-order valence-corrected chi connectivity index (χ3v) is 3.52. The van der Waals surface area contributed by atoms with Crippen molar-refractivity contribution in [1.82, 2.24) is 15.5 Å².